The highest BCUT2D eigenvalue weighted by Gasteiger charge is 2.44. The number of carbonyl (C=O) groups is 1. The van der Waals surface area contributed by atoms with Gasteiger partial charge < -0.3 is 40.3 Å². The van der Waals surface area contributed by atoms with Crippen LogP contribution >= 0.6 is 0 Å². The van der Waals surface area contributed by atoms with E-state index < -0.39 is 49.5 Å². The van der Waals surface area contributed by atoms with Crippen molar-refractivity contribution in [2.45, 2.75) is 320 Å². The molecule has 1 aliphatic heterocycles. The molecule has 1 heterocycles. The maximum Gasteiger partial charge on any atom is 0.220 e. The second-order valence-electron chi connectivity index (χ2n) is 20.1. The minimum Gasteiger partial charge on any atom is -0.394 e. The van der Waals surface area contributed by atoms with E-state index in [0.717, 1.165) is 51.4 Å². The molecule has 1 rings (SSSR count). The number of hydrogen-bond acceptors (Lipinski definition) is 8. The second-order valence-corrected chi connectivity index (χ2v) is 20.1. The van der Waals surface area contributed by atoms with Crippen molar-refractivity contribution in [1.82, 2.24) is 5.32 Å². The SMILES string of the molecule is CCCCCCCCCCC/C=C\C/C=C\CCCCCCCCCC(=O)NC(COC1OC(CO)C(O)C(O)C1O)C(O)CCCCCCCCCCCCCCCCCCCCCC. The lowest BCUT2D eigenvalue weighted by molar-refractivity contribution is -0.302. The fraction of sp³-hybridized carbons (Fsp3) is 0.912. The van der Waals surface area contributed by atoms with Crippen molar-refractivity contribution in [3.63, 3.8) is 0 Å². The molecule has 1 fully saturated rings. The van der Waals surface area contributed by atoms with E-state index in [1.54, 1.807) is 0 Å². The van der Waals surface area contributed by atoms with Crippen LogP contribution in [0, 0.1) is 0 Å². The first-order chi connectivity index (χ1) is 32.3. The van der Waals surface area contributed by atoms with Crippen LogP contribution in [0.4, 0.5) is 0 Å². The third kappa shape index (κ3) is 36.6. The van der Waals surface area contributed by atoms with Gasteiger partial charge in [-0.15, -0.1) is 0 Å². The van der Waals surface area contributed by atoms with Gasteiger partial charge in [-0.05, 0) is 44.9 Å². The van der Waals surface area contributed by atoms with E-state index in [2.05, 4.69) is 43.5 Å². The Morgan fingerprint density at radius 3 is 1.30 bits per heavy atom. The third-order valence-electron chi connectivity index (χ3n) is 13.8. The van der Waals surface area contributed by atoms with E-state index in [0.29, 0.717) is 12.8 Å². The molecule has 0 aliphatic carbocycles. The number of aliphatic hydroxyl groups is 5. The molecule has 9 nitrogen and oxygen atoms in total. The van der Waals surface area contributed by atoms with Crippen LogP contribution in [0.1, 0.15) is 277 Å². The Bertz CT molecular complexity index is 1090. The van der Waals surface area contributed by atoms with Crippen LogP contribution in [-0.2, 0) is 14.3 Å². The number of hydrogen-bond donors (Lipinski definition) is 6. The fourth-order valence-electron chi connectivity index (χ4n) is 9.25. The molecule has 390 valence electrons. The number of ether oxygens (including phenoxy) is 2. The van der Waals surface area contributed by atoms with Gasteiger partial charge in [-0.1, -0.05) is 250 Å². The van der Waals surface area contributed by atoms with Crippen molar-refractivity contribution in [2.75, 3.05) is 13.2 Å². The number of allylic oxidation sites excluding steroid dienone is 4. The molecule has 1 aliphatic rings. The van der Waals surface area contributed by atoms with Crippen molar-refractivity contribution in [1.29, 1.82) is 0 Å². The van der Waals surface area contributed by atoms with Gasteiger partial charge in [0, 0.05) is 6.42 Å². The normalized spacial score (nSPS) is 19.9. The number of unbranched alkanes of at least 4 members (excludes halogenated alkanes) is 35. The van der Waals surface area contributed by atoms with Crippen LogP contribution in [0.3, 0.4) is 0 Å². The summed E-state index contributed by atoms with van der Waals surface area (Å²) < 4.78 is 11.3. The largest absolute Gasteiger partial charge is 0.394 e. The van der Waals surface area contributed by atoms with Crippen LogP contribution in [0.2, 0.25) is 0 Å². The third-order valence-corrected chi connectivity index (χ3v) is 13.8. The van der Waals surface area contributed by atoms with Crippen molar-refractivity contribution in [2.24, 2.45) is 0 Å². The van der Waals surface area contributed by atoms with Crippen molar-refractivity contribution < 1.29 is 39.8 Å². The monoisotopic (exact) mass is 936 g/mol. The quantitative estimate of drug-likeness (QED) is 0.0261. The molecule has 0 aromatic heterocycles. The fourth-order valence-corrected chi connectivity index (χ4v) is 9.25. The summed E-state index contributed by atoms with van der Waals surface area (Å²) in [7, 11) is 0. The molecule has 7 atom stereocenters. The van der Waals surface area contributed by atoms with E-state index in [1.165, 1.54) is 199 Å². The number of carbonyl (C=O) groups excluding carboxylic acids is 1. The lowest BCUT2D eigenvalue weighted by Crippen LogP contribution is -2.60. The zero-order valence-electron chi connectivity index (χ0n) is 43.2. The highest BCUT2D eigenvalue weighted by atomic mass is 16.7. The minimum atomic E-state index is -1.55. The van der Waals surface area contributed by atoms with Gasteiger partial charge in [0.25, 0.3) is 0 Å². The first-order valence-electron chi connectivity index (χ1n) is 28.5. The molecule has 0 aromatic rings. The Hall–Kier alpha value is -1.33. The molecule has 66 heavy (non-hydrogen) atoms. The topological polar surface area (TPSA) is 149 Å². The highest BCUT2D eigenvalue weighted by Crippen LogP contribution is 2.23. The zero-order valence-corrected chi connectivity index (χ0v) is 43.2. The molecule has 9 heteroatoms. The number of aliphatic hydroxyl groups excluding tert-OH is 5. The number of nitrogens with one attached hydrogen (secondary N) is 1. The summed E-state index contributed by atoms with van der Waals surface area (Å²) in [6.45, 7) is 3.86. The van der Waals surface area contributed by atoms with Gasteiger partial charge in [0.15, 0.2) is 6.29 Å². The second kappa shape index (κ2) is 47.4. The molecule has 0 saturated carbocycles. The standard InChI is InChI=1S/C57H109NO8/c1-3-5-7-9-11-13-15-17-19-21-23-25-26-27-29-31-33-35-37-39-41-43-45-47-53(61)58-50(49-65-57-56(64)55(63)54(62)52(48-59)66-57)51(60)46-44-42-40-38-36-34-32-30-28-24-22-20-18-16-14-12-10-8-6-4-2/h23,25,27,29,50-52,54-57,59-60,62-64H,3-22,24,26,28,30-49H2,1-2H3,(H,58,61)/b25-23-,29-27-. The van der Waals surface area contributed by atoms with Gasteiger partial charge in [0.05, 0.1) is 25.4 Å². The average molecular weight is 936 g/mol. The Morgan fingerprint density at radius 2 is 0.894 bits per heavy atom. The number of amides is 1. The Balaban J connectivity index is 2.23. The highest BCUT2D eigenvalue weighted by molar-refractivity contribution is 5.76. The molecule has 1 saturated heterocycles. The maximum atomic E-state index is 13.1. The molecule has 0 spiro atoms. The summed E-state index contributed by atoms with van der Waals surface area (Å²) in [5.41, 5.74) is 0. The Kier molecular flexibility index (Phi) is 45.0. The molecule has 0 radical (unpaired) electrons. The van der Waals surface area contributed by atoms with E-state index in [9.17, 15) is 30.3 Å². The van der Waals surface area contributed by atoms with Gasteiger partial charge in [-0.25, -0.2) is 0 Å². The van der Waals surface area contributed by atoms with Gasteiger partial charge >= 0.3 is 0 Å². The van der Waals surface area contributed by atoms with Crippen LogP contribution in [0.25, 0.3) is 0 Å². The van der Waals surface area contributed by atoms with Crippen molar-refractivity contribution in [3.8, 4) is 0 Å². The predicted molar refractivity (Wildman–Crippen MR) is 277 cm³/mol. The molecular formula is C57H109NO8. The zero-order chi connectivity index (χ0) is 48.0. The molecule has 1 amide bonds. The molecule has 0 aromatic carbocycles. The smallest absolute Gasteiger partial charge is 0.220 e. The summed E-state index contributed by atoms with van der Waals surface area (Å²) in [5.74, 6) is -0.148. The van der Waals surface area contributed by atoms with E-state index in [-0.39, 0.29) is 12.5 Å². The molecule has 6 N–H and O–H groups in total. The average Bonchev–Trinajstić information content (AvgIpc) is 3.32. The summed E-state index contributed by atoms with van der Waals surface area (Å²) in [5, 5.41) is 54.7. The van der Waals surface area contributed by atoms with Gasteiger partial charge in [-0.3, -0.25) is 4.79 Å². The van der Waals surface area contributed by atoms with E-state index in [1.807, 2.05) is 0 Å². The van der Waals surface area contributed by atoms with E-state index in [4.69, 9.17) is 9.47 Å². The van der Waals surface area contributed by atoms with Gasteiger partial charge in [0.2, 0.25) is 5.91 Å². The molecule has 7 unspecified atom stereocenters. The summed E-state index contributed by atoms with van der Waals surface area (Å²) >= 11 is 0. The first-order valence-corrected chi connectivity index (χ1v) is 28.5. The maximum absolute atomic E-state index is 13.1. The summed E-state index contributed by atoms with van der Waals surface area (Å²) in [4.78, 5) is 13.1. The first kappa shape index (κ1) is 62.7. The minimum absolute atomic E-state index is 0.139. The number of rotatable bonds is 49. The van der Waals surface area contributed by atoms with E-state index >= 15 is 0 Å². The lowest BCUT2D eigenvalue weighted by Gasteiger charge is -2.40. The summed E-state index contributed by atoms with van der Waals surface area (Å²) in [6, 6.07) is -0.722. The van der Waals surface area contributed by atoms with Crippen LogP contribution < -0.4 is 5.32 Å². The van der Waals surface area contributed by atoms with Crippen molar-refractivity contribution in [3.05, 3.63) is 24.3 Å². The lowest BCUT2D eigenvalue weighted by atomic mass is 9.99. The predicted octanol–water partition coefficient (Wildman–Crippen LogP) is 13.8. The van der Waals surface area contributed by atoms with Crippen LogP contribution in [0.5, 0.6) is 0 Å². The van der Waals surface area contributed by atoms with Gasteiger partial charge in [0.1, 0.15) is 24.4 Å². The molecule has 0 bridgehead atoms. The van der Waals surface area contributed by atoms with Crippen LogP contribution in [-0.4, -0.2) is 87.5 Å². The van der Waals surface area contributed by atoms with Crippen molar-refractivity contribution >= 4 is 5.91 Å². The Morgan fingerprint density at radius 1 is 0.515 bits per heavy atom. The summed E-state index contributed by atoms with van der Waals surface area (Å²) in [6.07, 6.45) is 52.0. The van der Waals surface area contributed by atoms with Gasteiger partial charge in [-0.2, -0.15) is 0 Å². The molecular weight excluding hydrogens is 827 g/mol. The van der Waals surface area contributed by atoms with Crippen LogP contribution in [0.15, 0.2) is 24.3 Å². The Labute approximate surface area is 407 Å².